The van der Waals surface area contributed by atoms with Crippen LogP contribution in [0.25, 0.3) is 17.4 Å². The zero-order valence-electron chi connectivity index (χ0n) is 22.3. The number of amides is 1. The minimum atomic E-state index is -0.927. The number of halogens is 1. The molecule has 1 N–H and O–H groups in total. The fraction of sp³-hybridized carbons (Fsp3) is 0.100. The van der Waals surface area contributed by atoms with Crippen LogP contribution in [0.4, 0.5) is 10.1 Å². The molecule has 11 heteroatoms. The summed E-state index contributed by atoms with van der Waals surface area (Å²) in [7, 11) is 1.66. The molecule has 1 amide bonds. The van der Waals surface area contributed by atoms with E-state index in [0.29, 0.717) is 16.9 Å². The Morgan fingerprint density at radius 3 is 2.44 bits per heavy atom. The Kier molecular flexibility index (Phi) is 7.05. The van der Waals surface area contributed by atoms with E-state index in [2.05, 4.69) is 10.3 Å². The zero-order valence-corrected chi connectivity index (χ0v) is 22.3. The smallest absolute Gasteiger partial charge is 0.295 e. The van der Waals surface area contributed by atoms with Crippen LogP contribution >= 0.6 is 0 Å². The molecule has 3 heterocycles. The van der Waals surface area contributed by atoms with Gasteiger partial charge in [0, 0.05) is 13.2 Å². The molecule has 0 bridgehead atoms. The molecular weight excluding hydrogens is 527 g/mol. The molecule has 10 nitrogen and oxygen atoms in total. The summed E-state index contributed by atoms with van der Waals surface area (Å²) in [6.45, 7) is 3.39. The highest BCUT2D eigenvalue weighted by Crippen LogP contribution is 2.27. The van der Waals surface area contributed by atoms with Gasteiger partial charge in [-0.15, -0.1) is 0 Å². The summed E-state index contributed by atoms with van der Waals surface area (Å²) in [5.41, 5.74) is -0.0126. The normalized spacial score (nSPS) is 11.3. The fourth-order valence-electron chi connectivity index (χ4n) is 4.31. The second-order valence-corrected chi connectivity index (χ2v) is 9.11. The summed E-state index contributed by atoms with van der Waals surface area (Å²) in [4.78, 5) is 44.5. The molecule has 0 spiro atoms. The highest BCUT2D eigenvalue weighted by atomic mass is 19.1. The zero-order chi connectivity index (χ0) is 29.3. The van der Waals surface area contributed by atoms with E-state index in [4.69, 9.17) is 4.74 Å². The number of pyridine rings is 1. The first kappa shape index (κ1) is 26.8. The summed E-state index contributed by atoms with van der Waals surface area (Å²) in [5.74, 6) is -2.11. The highest BCUT2D eigenvalue weighted by Gasteiger charge is 2.22. The molecule has 204 valence electrons. The van der Waals surface area contributed by atoms with Crippen molar-refractivity contribution in [2.45, 2.75) is 13.8 Å². The number of para-hydroxylation sites is 2. The number of carbonyl (C=O) groups is 1. The largest absolute Gasteiger partial charge is 0.435 e. The van der Waals surface area contributed by atoms with Gasteiger partial charge in [0.05, 0.1) is 11.4 Å². The molecule has 0 aliphatic carbocycles. The Bertz CT molecular complexity index is 2020. The number of rotatable bonds is 6. The maximum Gasteiger partial charge on any atom is 0.295 e. The van der Waals surface area contributed by atoms with Gasteiger partial charge in [0.25, 0.3) is 17.0 Å². The van der Waals surface area contributed by atoms with Crippen molar-refractivity contribution in [2.24, 2.45) is 7.05 Å². The van der Waals surface area contributed by atoms with Crippen molar-refractivity contribution in [2.75, 3.05) is 5.32 Å². The number of ether oxygens (including phenoxy) is 1. The maximum absolute atomic E-state index is 14.4. The molecule has 0 radical (unpaired) electrons. The average Bonchev–Trinajstić information content (AvgIpc) is 3.18. The predicted octanol–water partition coefficient (Wildman–Crippen LogP) is 4.28. The van der Waals surface area contributed by atoms with E-state index in [9.17, 15) is 24.0 Å². The van der Waals surface area contributed by atoms with E-state index >= 15 is 0 Å². The summed E-state index contributed by atoms with van der Waals surface area (Å²) in [6, 6.07) is 19.6. The maximum atomic E-state index is 14.4. The SMILES string of the molecule is Cc1cccn2c(=O)c(C=C(C#N)C(=O)Nc3c(C)n(C)n(-c4ccccc4)c3=O)c(Oc3ccccc3F)nc12. The predicted molar refractivity (Wildman–Crippen MR) is 151 cm³/mol. The van der Waals surface area contributed by atoms with Gasteiger partial charge in [0.1, 0.15) is 28.5 Å². The molecule has 0 unspecified atom stereocenters. The van der Waals surface area contributed by atoms with E-state index in [1.54, 1.807) is 74.1 Å². The van der Waals surface area contributed by atoms with Crippen LogP contribution in [-0.4, -0.2) is 24.7 Å². The van der Waals surface area contributed by atoms with Gasteiger partial charge in [-0.1, -0.05) is 36.4 Å². The van der Waals surface area contributed by atoms with Crippen molar-refractivity contribution in [1.29, 1.82) is 5.26 Å². The molecule has 2 aromatic carbocycles. The van der Waals surface area contributed by atoms with Crippen molar-refractivity contribution in [1.82, 2.24) is 18.7 Å². The Hall–Kier alpha value is -5.76. The van der Waals surface area contributed by atoms with Crippen LogP contribution in [-0.2, 0) is 11.8 Å². The van der Waals surface area contributed by atoms with Crippen LogP contribution in [0.2, 0.25) is 0 Å². The van der Waals surface area contributed by atoms with Gasteiger partial charge in [-0.2, -0.15) is 10.2 Å². The summed E-state index contributed by atoms with van der Waals surface area (Å²) in [6.07, 6.45) is 2.50. The van der Waals surface area contributed by atoms with E-state index < -0.39 is 28.4 Å². The third-order valence-electron chi connectivity index (χ3n) is 6.54. The lowest BCUT2D eigenvalue weighted by Gasteiger charge is -2.12. The van der Waals surface area contributed by atoms with E-state index in [-0.39, 0.29) is 28.5 Å². The second kappa shape index (κ2) is 10.8. The van der Waals surface area contributed by atoms with E-state index in [0.717, 1.165) is 6.08 Å². The Balaban J connectivity index is 1.61. The van der Waals surface area contributed by atoms with Crippen molar-refractivity contribution in [3.8, 4) is 23.4 Å². The van der Waals surface area contributed by atoms with Gasteiger partial charge in [-0.3, -0.25) is 23.5 Å². The molecule has 0 atom stereocenters. The fourth-order valence-corrected chi connectivity index (χ4v) is 4.31. The van der Waals surface area contributed by atoms with Crippen LogP contribution in [0.3, 0.4) is 0 Å². The molecule has 0 saturated heterocycles. The molecule has 0 aliphatic heterocycles. The van der Waals surface area contributed by atoms with Crippen molar-refractivity contribution in [3.05, 3.63) is 122 Å². The van der Waals surface area contributed by atoms with Crippen LogP contribution < -0.4 is 21.2 Å². The van der Waals surface area contributed by atoms with Crippen LogP contribution in [0, 0.1) is 31.0 Å². The van der Waals surface area contributed by atoms with E-state index in [1.807, 2.05) is 6.07 Å². The van der Waals surface area contributed by atoms with Crippen molar-refractivity contribution >= 4 is 23.3 Å². The van der Waals surface area contributed by atoms with Gasteiger partial charge in [-0.25, -0.2) is 9.07 Å². The number of nitrogens with one attached hydrogen (secondary N) is 1. The van der Waals surface area contributed by atoms with Crippen molar-refractivity contribution in [3.63, 3.8) is 0 Å². The lowest BCUT2D eigenvalue weighted by atomic mass is 10.1. The number of carbonyl (C=O) groups excluding carboxylic acids is 1. The van der Waals surface area contributed by atoms with Crippen LogP contribution in [0.15, 0.2) is 88.1 Å². The molecule has 5 rings (SSSR count). The minimum Gasteiger partial charge on any atom is -0.435 e. The summed E-state index contributed by atoms with van der Waals surface area (Å²) >= 11 is 0. The lowest BCUT2D eigenvalue weighted by Crippen LogP contribution is -2.24. The molecule has 41 heavy (non-hydrogen) atoms. The molecular formula is C30H23FN6O4. The molecule has 0 saturated carbocycles. The van der Waals surface area contributed by atoms with Gasteiger partial charge in [0.2, 0.25) is 5.88 Å². The first-order valence-electron chi connectivity index (χ1n) is 12.4. The topological polar surface area (TPSA) is 123 Å². The molecule has 3 aromatic heterocycles. The number of hydrogen-bond acceptors (Lipinski definition) is 6. The monoisotopic (exact) mass is 550 g/mol. The average molecular weight is 551 g/mol. The Morgan fingerprint density at radius 1 is 1.02 bits per heavy atom. The van der Waals surface area contributed by atoms with Gasteiger partial charge in [0.15, 0.2) is 11.6 Å². The molecule has 5 aromatic rings. The Morgan fingerprint density at radius 2 is 1.73 bits per heavy atom. The minimum absolute atomic E-state index is 0.0330. The summed E-state index contributed by atoms with van der Waals surface area (Å²) < 4.78 is 24.3. The quantitative estimate of drug-likeness (QED) is 0.249. The number of benzene rings is 2. The van der Waals surface area contributed by atoms with Crippen LogP contribution in [0.5, 0.6) is 11.6 Å². The number of nitriles is 1. The number of aromatic nitrogens is 4. The van der Waals surface area contributed by atoms with Gasteiger partial charge in [-0.05, 0) is 55.8 Å². The third-order valence-corrected chi connectivity index (χ3v) is 6.54. The summed E-state index contributed by atoms with van der Waals surface area (Å²) in [5, 5.41) is 12.4. The second-order valence-electron chi connectivity index (χ2n) is 9.11. The highest BCUT2D eigenvalue weighted by molar-refractivity contribution is 6.10. The Labute approximate surface area is 232 Å². The van der Waals surface area contributed by atoms with E-state index in [1.165, 1.54) is 33.5 Å². The number of nitrogens with zero attached hydrogens (tertiary/aromatic N) is 5. The first-order valence-corrected chi connectivity index (χ1v) is 12.4. The third kappa shape index (κ3) is 4.90. The van der Waals surface area contributed by atoms with Gasteiger partial charge >= 0.3 is 0 Å². The number of aryl methyl sites for hydroxylation is 1. The van der Waals surface area contributed by atoms with Gasteiger partial charge < -0.3 is 10.1 Å². The first-order chi connectivity index (χ1) is 19.7. The number of fused-ring (bicyclic) bond motifs is 1. The number of hydrogen-bond donors (Lipinski definition) is 1. The standard InChI is InChI=1S/C30H23FN6O4/c1-18-10-9-15-36-26(18)34-28(41-24-14-8-7-13-23(24)31)22(29(36)39)16-20(17-32)27(38)33-25-19(2)35(3)37(30(25)40)21-11-5-4-6-12-21/h4-16H,1-3H3,(H,33,38). The van der Waals surface area contributed by atoms with Crippen LogP contribution in [0.1, 0.15) is 16.8 Å². The number of anilines is 1. The lowest BCUT2D eigenvalue weighted by molar-refractivity contribution is -0.112. The molecule has 0 aliphatic rings. The van der Waals surface area contributed by atoms with Crippen molar-refractivity contribution < 1.29 is 13.9 Å². The molecule has 0 fully saturated rings.